The third-order valence-electron chi connectivity index (χ3n) is 4.94. The zero-order chi connectivity index (χ0) is 16.9. The van der Waals surface area contributed by atoms with Crippen molar-refractivity contribution in [2.24, 2.45) is 11.7 Å². The fourth-order valence-corrected chi connectivity index (χ4v) is 3.50. The molecule has 5 nitrogen and oxygen atoms in total. The van der Waals surface area contributed by atoms with Gasteiger partial charge in [-0.2, -0.15) is 0 Å². The van der Waals surface area contributed by atoms with E-state index in [2.05, 4.69) is 11.4 Å². The van der Waals surface area contributed by atoms with E-state index in [9.17, 15) is 4.79 Å². The molecule has 5 heteroatoms. The van der Waals surface area contributed by atoms with Gasteiger partial charge in [0.05, 0.1) is 13.2 Å². The maximum absolute atomic E-state index is 12.4. The van der Waals surface area contributed by atoms with Crippen molar-refractivity contribution < 1.29 is 14.3 Å². The van der Waals surface area contributed by atoms with Crippen LogP contribution in [0.5, 0.6) is 5.75 Å². The molecule has 3 N–H and O–H groups in total. The standard InChI is InChI=1S/C19H28N2O3/c1-13-5-6-15(18(9-13)24-17-7-8-23-12-17)11-21-19(22)14-3-2-4-16(20)10-14/h5-6,9,14,16-17H,2-4,7-8,10-12,20H2,1H3,(H,21,22)/t14-,16+,17+/m1/s1. The lowest BCUT2D eigenvalue weighted by molar-refractivity contribution is -0.126. The van der Waals surface area contributed by atoms with Crippen LogP contribution in [0.2, 0.25) is 0 Å². The Bertz CT molecular complexity index is 570. The minimum absolute atomic E-state index is 0.0480. The van der Waals surface area contributed by atoms with Gasteiger partial charge in [0.25, 0.3) is 0 Å². The Morgan fingerprint density at radius 2 is 2.25 bits per heavy atom. The SMILES string of the molecule is Cc1ccc(CNC(=O)[C@@H]2CCC[C@H](N)C2)c(O[C@H]2CCOC2)c1. The van der Waals surface area contributed by atoms with Crippen LogP contribution in [0.3, 0.4) is 0 Å². The third kappa shape index (κ3) is 4.48. The van der Waals surface area contributed by atoms with Crippen LogP contribution < -0.4 is 15.8 Å². The van der Waals surface area contributed by atoms with Crippen molar-refractivity contribution in [1.29, 1.82) is 0 Å². The van der Waals surface area contributed by atoms with Crippen LogP contribution >= 0.6 is 0 Å². The van der Waals surface area contributed by atoms with E-state index in [0.717, 1.165) is 55.6 Å². The van der Waals surface area contributed by atoms with Crippen LogP contribution in [0.15, 0.2) is 18.2 Å². The van der Waals surface area contributed by atoms with Crippen LogP contribution in [-0.2, 0) is 16.1 Å². The van der Waals surface area contributed by atoms with Gasteiger partial charge in [-0.05, 0) is 37.8 Å². The highest BCUT2D eigenvalue weighted by atomic mass is 16.5. The molecule has 1 aliphatic carbocycles. The van der Waals surface area contributed by atoms with Gasteiger partial charge in [0.1, 0.15) is 11.9 Å². The molecule has 1 aliphatic heterocycles. The molecular weight excluding hydrogens is 304 g/mol. The molecule has 1 heterocycles. The fourth-order valence-electron chi connectivity index (χ4n) is 3.50. The Morgan fingerprint density at radius 1 is 1.38 bits per heavy atom. The lowest BCUT2D eigenvalue weighted by Crippen LogP contribution is -2.37. The zero-order valence-corrected chi connectivity index (χ0v) is 14.4. The fraction of sp³-hybridized carbons (Fsp3) is 0.632. The summed E-state index contributed by atoms with van der Waals surface area (Å²) in [4.78, 5) is 12.4. The first-order valence-corrected chi connectivity index (χ1v) is 8.99. The molecule has 0 unspecified atom stereocenters. The number of benzene rings is 1. The van der Waals surface area contributed by atoms with Gasteiger partial charge in [0.2, 0.25) is 5.91 Å². The molecule has 132 valence electrons. The van der Waals surface area contributed by atoms with Gasteiger partial charge >= 0.3 is 0 Å². The molecule has 2 aliphatic rings. The van der Waals surface area contributed by atoms with Crippen molar-refractivity contribution >= 4 is 5.91 Å². The Balaban J connectivity index is 1.60. The summed E-state index contributed by atoms with van der Waals surface area (Å²) in [7, 11) is 0. The number of hydrogen-bond acceptors (Lipinski definition) is 4. The molecule has 3 atom stereocenters. The Labute approximate surface area is 143 Å². The number of ether oxygens (including phenoxy) is 2. The predicted octanol–water partition coefficient (Wildman–Crippen LogP) is 2.30. The second kappa shape index (κ2) is 7.99. The van der Waals surface area contributed by atoms with Gasteiger partial charge in [0.15, 0.2) is 0 Å². The largest absolute Gasteiger partial charge is 0.488 e. The lowest BCUT2D eigenvalue weighted by atomic mass is 9.85. The first-order valence-electron chi connectivity index (χ1n) is 8.99. The maximum Gasteiger partial charge on any atom is 0.223 e. The summed E-state index contributed by atoms with van der Waals surface area (Å²) in [6.45, 7) is 3.93. The summed E-state index contributed by atoms with van der Waals surface area (Å²) in [6.07, 6.45) is 4.83. The van der Waals surface area contributed by atoms with Gasteiger partial charge in [-0.3, -0.25) is 4.79 Å². The molecule has 1 saturated carbocycles. The molecule has 0 radical (unpaired) electrons. The average molecular weight is 332 g/mol. The smallest absolute Gasteiger partial charge is 0.223 e. The molecular formula is C19H28N2O3. The van der Waals surface area contributed by atoms with E-state index in [1.165, 1.54) is 0 Å². The number of carbonyl (C=O) groups excluding carboxylic acids is 1. The molecule has 3 rings (SSSR count). The number of aryl methyl sites for hydroxylation is 1. The van der Waals surface area contributed by atoms with Crippen LogP contribution in [0.4, 0.5) is 0 Å². The summed E-state index contributed by atoms with van der Waals surface area (Å²) in [5.74, 6) is 1.01. The minimum Gasteiger partial charge on any atom is -0.488 e. The Hall–Kier alpha value is -1.59. The van der Waals surface area contributed by atoms with Crippen LogP contribution in [0, 0.1) is 12.8 Å². The molecule has 1 saturated heterocycles. The first-order chi connectivity index (χ1) is 11.6. The highest BCUT2D eigenvalue weighted by Gasteiger charge is 2.25. The van der Waals surface area contributed by atoms with E-state index < -0.39 is 0 Å². The quantitative estimate of drug-likeness (QED) is 0.868. The van der Waals surface area contributed by atoms with Crippen LogP contribution in [0.25, 0.3) is 0 Å². The molecule has 2 fully saturated rings. The summed E-state index contributed by atoms with van der Waals surface area (Å²) < 4.78 is 11.5. The van der Waals surface area contributed by atoms with E-state index in [1.807, 2.05) is 19.1 Å². The molecule has 1 aromatic rings. The monoisotopic (exact) mass is 332 g/mol. The van der Waals surface area contributed by atoms with E-state index in [-0.39, 0.29) is 24.0 Å². The number of carbonyl (C=O) groups is 1. The normalized spacial score (nSPS) is 27.0. The van der Waals surface area contributed by atoms with Crippen molar-refractivity contribution in [3.8, 4) is 5.75 Å². The zero-order valence-electron chi connectivity index (χ0n) is 14.4. The Morgan fingerprint density at radius 3 is 3.00 bits per heavy atom. The summed E-state index contributed by atoms with van der Waals surface area (Å²) in [5, 5.41) is 3.07. The van der Waals surface area contributed by atoms with E-state index >= 15 is 0 Å². The summed E-state index contributed by atoms with van der Waals surface area (Å²) in [5.41, 5.74) is 8.16. The number of rotatable bonds is 5. The highest BCUT2D eigenvalue weighted by Crippen LogP contribution is 2.25. The molecule has 0 aromatic heterocycles. The number of nitrogens with one attached hydrogen (secondary N) is 1. The average Bonchev–Trinajstić information content (AvgIpc) is 3.07. The molecule has 1 amide bonds. The first kappa shape index (κ1) is 17.2. The number of nitrogens with two attached hydrogens (primary N) is 1. The van der Waals surface area contributed by atoms with Gasteiger partial charge < -0.3 is 20.5 Å². The van der Waals surface area contributed by atoms with E-state index in [1.54, 1.807) is 0 Å². The number of amides is 1. The van der Waals surface area contributed by atoms with E-state index in [0.29, 0.717) is 13.2 Å². The van der Waals surface area contributed by atoms with Crippen LogP contribution in [0.1, 0.15) is 43.2 Å². The third-order valence-corrected chi connectivity index (χ3v) is 4.94. The van der Waals surface area contributed by atoms with Crippen molar-refractivity contribution in [3.63, 3.8) is 0 Å². The molecule has 1 aromatic carbocycles. The topological polar surface area (TPSA) is 73.6 Å². The van der Waals surface area contributed by atoms with Gasteiger partial charge in [-0.25, -0.2) is 0 Å². The summed E-state index contributed by atoms with van der Waals surface area (Å²) in [6, 6.07) is 6.29. The Kier molecular flexibility index (Phi) is 5.74. The van der Waals surface area contributed by atoms with Gasteiger partial charge in [0, 0.05) is 30.5 Å². The van der Waals surface area contributed by atoms with Crippen molar-refractivity contribution in [2.75, 3.05) is 13.2 Å². The van der Waals surface area contributed by atoms with Crippen molar-refractivity contribution in [1.82, 2.24) is 5.32 Å². The summed E-state index contributed by atoms with van der Waals surface area (Å²) >= 11 is 0. The van der Waals surface area contributed by atoms with Gasteiger partial charge in [-0.1, -0.05) is 18.6 Å². The second-order valence-corrected chi connectivity index (χ2v) is 7.06. The van der Waals surface area contributed by atoms with E-state index in [4.69, 9.17) is 15.2 Å². The predicted molar refractivity (Wildman–Crippen MR) is 92.8 cm³/mol. The number of hydrogen-bond donors (Lipinski definition) is 2. The molecule has 0 bridgehead atoms. The van der Waals surface area contributed by atoms with Gasteiger partial charge in [-0.15, -0.1) is 0 Å². The van der Waals surface area contributed by atoms with Crippen molar-refractivity contribution in [2.45, 2.75) is 57.7 Å². The maximum atomic E-state index is 12.4. The lowest BCUT2D eigenvalue weighted by Gasteiger charge is -2.26. The van der Waals surface area contributed by atoms with Crippen molar-refractivity contribution in [3.05, 3.63) is 29.3 Å². The molecule has 24 heavy (non-hydrogen) atoms. The van der Waals surface area contributed by atoms with Crippen LogP contribution in [-0.4, -0.2) is 31.3 Å². The second-order valence-electron chi connectivity index (χ2n) is 7.06. The molecule has 0 spiro atoms. The minimum atomic E-state index is 0.0480. The highest BCUT2D eigenvalue weighted by molar-refractivity contribution is 5.78.